The summed E-state index contributed by atoms with van der Waals surface area (Å²) in [5.74, 6) is -1.57. The first-order valence-corrected chi connectivity index (χ1v) is 11.1. The smallest absolute Gasteiger partial charge is 0.335 e. The third-order valence-corrected chi connectivity index (χ3v) is 6.45. The lowest BCUT2D eigenvalue weighted by Crippen LogP contribution is -2.39. The third kappa shape index (κ3) is 4.36. The molecule has 0 aromatic heterocycles. The second kappa shape index (κ2) is 9.33. The Morgan fingerprint density at radius 1 is 1.24 bits per heavy atom. The maximum absolute atomic E-state index is 12.7. The Bertz CT molecular complexity index is 1100. The van der Waals surface area contributed by atoms with E-state index < -0.39 is 17.7 Å². The van der Waals surface area contributed by atoms with Crippen LogP contribution in [-0.2, 0) is 16.1 Å². The van der Waals surface area contributed by atoms with Crippen LogP contribution < -0.4 is 10.1 Å². The van der Waals surface area contributed by atoms with Crippen LogP contribution in [0.1, 0.15) is 63.2 Å². The normalized spacial score (nSPS) is 20.5. The number of fused-ring (bicyclic) bond motifs is 1. The molecule has 0 bridgehead atoms. The number of aromatic carboxylic acids is 1. The van der Waals surface area contributed by atoms with Gasteiger partial charge in [0, 0.05) is 31.3 Å². The lowest BCUT2D eigenvalue weighted by Gasteiger charge is -2.40. The van der Waals surface area contributed by atoms with E-state index in [0.29, 0.717) is 35.7 Å². The molecule has 2 N–H and O–H groups in total. The topological polar surface area (TPSA) is 105 Å². The fourth-order valence-electron chi connectivity index (χ4n) is 4.82. The predicted molar refractivity (Wildman–Crippen MR) is 122 cm³/mol. The number of likely N-dealkylation sites (tertiary alicyclic amines) is 1. The molecule has 0 aliphatic carbocycles. The largest absolute Gasteiger partial charge is 0.496 e. The van der Waals surface area contributed by atoms with Crippen LogP contribution in [0.5, 0.6) is 5.75 Å². The molecule has 2 heterocycles. The maximum Gasteiger partial charge on any atom is 0.335 e. The molecule has 0 unspecified atom stereocenters. The average Bonchev–Trinajstić information content (AvgIpc) is 3.11. The number of Topliss-reactive ketones (excluding diaryl/α,β-unsaturated/α-hetero) is 1. The Morgan fingerprint density at radius 2 is 1.97 bits per heavy atom. The highest BCUT2D eigenvalue weighted by atomic mass is 16.5. The van der Waals surface area contributed by atoms with Crippen molar-refractivity contribution in [2.24, 2.45) is 0 Å². The zero-order valence-electron chi connectivity index (χ0n) is 19.0. The molecule has 2 aromatic rings. The van der Waals surface area contributed by atoms with Crippen LogP contribution in [0.3, 0.4) is 0 Å². The summed E-state index contributed by atoms with van der Waals surface area (Å²) in [5, 5.41) is 11.9. The molecule has 2 aliphatic heterocycles. The highest BCUT2D eigenvalue weighted by Crippen LogP contribution is 2.40. The molecule has 174 valence electrons. The number of carboxylic acids is 1. The molecule has 0 saturated carbocycles. The van der Waals surface area contributed by atoms with Gasteiger partial charge in [0.05, 0.1) is 30.0 Å². The molecule has 33 heavy (non-hydrogen) atoms. The van der Waals surface area contributed by atoms with Gasteiger partial charge >= 0.3 is 5.97 Å². The molecule has 8 nitrogen and oxygen atoms in total. The SMILES string of the molecule is CCO[C@H]1CCN(Cc2c(OC)cc(C)c3c2C(=O)C(=O)N3)[C@H](c2ccc(C(=O)O)cc2)C1. The number of rotatable bonds is 7. The molecular weight excluding hydrogens is 424 g/mol. The lowest BCUT2D eigenvalue weighted by atomic mass is 9.91. The van der Waals surface area contributed by atoms with Gasteiger partial charge in [0.1, 0.15) is 5.75 Å². The number of nitrogens with zero attached hydrogens (tertiary/aromatic N) is 1. The number of carboxylic acid groups (broad SMARTS) is 1. The van der Waals surface area contributed by atoms with Gasteiger partial charge in [0.2, 0.25) is 0 Å². The van der Waals surface area contributed by atoms with Crippen LogP contribution in [-0.4, -0.2) is 54.0 Å². The molecule has 2 atom stereocenters. The van der Waals surface area contributed by atoms with Crippen molar-refractivity contribution in [3.05, 3.63) is 58.1 Å². The minimum Gasteiger partial charge on any atom is -0.496 e. The van der Waals surface area contributed by atoms with Crippen molar-refractivity contribution < 1.29 is 29.0 Å². The number of anilines is 1. The van der Waals surface area contributed by atoms with Crippen LogP contribution in [0.15, 0.2) is 30.3 Å². The van der Waals surface area contributed by atoms with Gasteiger partial charge in [-0.3, -0.25) is 14.5 Å². The summed E-state index contributed by atoms with van der Waals surface area (Å²) in [4.78, 5) is 38.4. The van der Waals surface area contributed by atoms with E-state index in [0.717, 1.165) is 30.5 Å². The molecule has 0 spiro atoms. The molecule has 2 aromatic carbocycles. The third-order valence-electron chi connectivity index (χ3n) is 6.45. The van der Waals surface area contributed by atoms with Gasteiger partial charge in [0.25, 0.3) is 11.7 Å². The number of ketones is 1. The summed E-state index contributed by atoms with van der Waals surface area (Å²) in [5.41, 5.74) is 3.60. The van der Waals surface area contributed by atoms with E-state index in [1.54, 1.807) is 19.2 Å². The van der Waals surface area contributed by atoms with Crippen molar-refractivity contribution in [1.82, 2.24) is 4.90 Å². The Kier molecular flexibility index (Phi) is 6.49. The number of piperidine rings is 1. The zero-order valence-corrected chi connectivity index (χ0v) is 19.0. The summed E-state index contributed by atoms with van der Waals surface area (Å²) >= 11 is 0. The number of ether oxygens (including phenoxy) is 2. The second-order valence-corrected chi connectivity index (χ2v) is 8.42. The summed E-state index contributed by atoms with van der Waals surface area (Å²) in [7, 11) is 1.56. The van der Waals surface area contributed by atoms with Crippen molar-refractivity contribution in [2.45, 2.75) is 45.4 Å². The monoisotopic (exact) mass is 452 g/mol. The summed E-state index contributed by atoms with van der Waals surface area (Å²) in [6.45, 7) is 5.56. The van der Waals surface area contributed by atoms with Gasteiger partial charge in [-0.15, -0.1) is 0 Å². The Morgan fingerprint density at radius 3 is 2.61 bits per heavy atom. The van der Waals surface area contributed by atoms with E-state index in [9.17, 15) is 19.5 Å². The van der Waals surface area contributed by atoms with Gasteiger partial charge in [-0.25, -0.2) is 4.79 Å². The molecule has 4 rings (SSSR count). The molecular formula is C25H28N2O6. The van der Waals surface area contributed by atoms with Crippen molar-refractivity contribution in [1.29, 1.82) is 0 Å². The van der Waals surface area contributed by atoms with E-state index in [1.165, 1.54) is 0 Å². The predicted octanol–water partition coefficient (Wildman–Crippen LogP) is 3.58. The number of hydrogen-bond acceptors (Lipinski definition) is 6. The van der Waals surface area contributed by atoms with E-state index in [1.807, 2.05) is 32.0 Å². The number of carbonyl (C=O) groups is 3. The van der Waals surface area contributed by atoms with Gasteiger partial charge < -0.3 is 19.9 Å². The Balaban J connectivity index is 1.71. The standard InChI is InChI=1S/C25H28N2O6/c1-4-33-17-9-10-27(19(12-17)15-5-7-16(8-6-15)25(30)31)13-18-20(32-3)11-14(2)22-21(18)23(28)24(29)26-22/h5-8,11,17,19H,4,9-10,12-13H2,1-3H3,(H,30,31)(H,26,28,29)/t17-,19-/m0/s1. The number of carbonyl (C=O) groups excluding carboxylic acids is 2. The number of aryl methyl sites for hydroxylation is 1. The lowest BCUT2D eigenvalue weighted by molar-refractivity contribution is -0.112. The van der Waals surface area contributed by atoms with Crippen LogP contribution >= 0.6 is 0 Å². The second-order valence-electron chi connectivity index (χ2n) is 8.42. The van der Waals surface area contributed by atoms with Crippen molar-refractivity contribution in [2.75, 3.05) is 25.6 Å². The van der Waals surface area contributed by atoms with Gasteiger partial charge in [-0.2, -0.15) is 0 Å². The number of amides is 1. The minimum absolute atomic E-state index is 0.0417. The van der Waals surface area contributed by atoms with E-state index in [2.05, 4.69) is 10.2 Å². The number of nitrogens with one attached hydrogen (secondary N) is 1. The van der Waals surface area contributed by atoms with Crippen molar-refractivity contribution in [3.8, 4) is 5.75 Å². The van der Waals surface area contributed by atoms with Crippen LogP contribution in [0.25, 0.3) is 0 Å². The fourth-order valence-corrected chi connectivity index (χ4v) is 4.82. The Labute approximate surface area is 192 Å². The quantitative estimate of drug-likeness (QED) is 0.619. The maximum atomic E-state index is 12.7. The van der Waals surface area contributed by atoms with Gasteiger partial charge in [-0.1, -0.05) is 12.1 Å². The molecule has 1 amide bonds. The molecule has 8 heteroatoms. The van der Waals surface area contributed by atoms with E-state index in [-0.39, 0.29) is 17.7 Å². The van der Waals surface area contributed by atoms with E-state index >= 15 is 0 Å². The molecule has 1 fully saturated rings. The highest BCUT2D eigenvalue weighted by Gasteiger charge is 2.37. The van der Waals surface area contributed by atoms with Gasteiger partial charge in [-0.05, 0) is 56.0 Å². The number of benzene rings is 2. The first-order chi connectivity index (χ1) is 15.8. The van der Waals surface area contributed by atoms with E-state index in [4.69, 9.17) is 9.47 Å². The zero-order chi connectivity index (χ0) is 23.7. The van der Waals surface area contributed by atoms with Crippen molar-refractivity contribution >= 4 is 23.3 Å². The summed E-state index contributed by atoms with van der Waals surface area (Å²) in [6, 6.07) is 8.69. The molecule has 0 radical (unpaired) electrons. The molecule has 1 saturated heterocycles. The fraction of sp³-hybridized carbons (Fsp3) is 0.400. The number of hydrogen-bond donors (Lipinski definition) is 2. The first-order valence-electron chi connectivity index (χ1n) is 11.1. The highest BCUT2D eigenvalue weighted by molar-refractivity contribution is 6.52. The molecule has 2 aliphatic rings. The summed E-state index contributed by atoms with van der Waals surface area (Å²) in [6.07, 6.45) is 1.66. The Hall–Kier alpha value is -3.23. The van der Waals surface area contributed by atoms with Crippen LogP contribution in [0.2, 0.25) is 0 Å². The minimum atomic E-state index is -0.968. The van der Waals surface area contributed by atoms with Crippen LogP contribution in [0.4, 0.5) is 5.69 Å². The average molecular weight is 453 g/mol. The number of methoxy groups -OCH3 is 1. The van der Waals surface area contributed by atoms with Crippen molar-refractivity contribution in [3.63, 3.8) is 0 Å². The van der Waals surface area contributed by atoms with Gasteiger partial charge in [0.15, 0.2) is 0 Å². The first kappa shape index (κ1) is 22.9. The van der Waals surface area contributed by atoms with Crippen LogP contribution in [0, 0.1) is 6.92 Å². The summed E-state index contributed by atoms with van der Waals surface area (Å²) < 4.78 is 11.5.